The maximum Gasteiger partial charge on any atom is 0.269 e. The smallest absolute Gasteiger partial charge is 0.269 e. The van der Waals surface area contributed by atoms with Crippen molar-refractivity contribution in [2.24, 2.45) is 10.9 Å². The summed E-state index contributed by atoms with van der Waals surface area (Å²) in [5.41, 5.74) is 1.01. The van der Waals surface area contributed by atoms with Crippen molar-refractivity contribution in [3.63, 3.8) is 0 Å². The van der Waals surface area contributed by atoms with E-state index in [1.807, 2.05) is 4.90 Å². The Bertz CT molecular complexity index is 738. The summed E-state index contributed by atoms with van der Waals surface area (Å²) >= 11 is 0. The minimum absolute atomic E-state index is 0.0708. The van der Waals surface area contributed by atoms with Crippen LogP contribution in [0.15, 0.2) is 29.3 Å². The molecular weight excluding hydrogens is 386 g/mol. The molecule has 0 aromatic heterocycles. The highest BCUT2D eigenvalue weighted by atomic mass is 16.6. The van der Waals surface area contributed by atoms with Gasteiger partial charge in [0.1, 0.15) is 0 Å². The maximum absolute atomic E-state index is 12.7. The van der Waals surface area contributed by atoms with Crippen molar-refractivity contribution in [1.29, 1.82) is 0 Å². The normalized spacial score (nSPS) is 18.4. The number of amides is 1. The van der Waals surface area contributed by atoms with E-state index in [1.165, 1.54) is 12.1 Å². The highest BCUT2D eigenvalue weighted by Gasteiger charge is 2.30. The Hall–Kier alpha value is -2.68. The van der Waals surface area contributed by atoms with E-state index in [0.717, 1.165) is 50.4 Å². The van der Waals surface area contributed by atoms with E-state index in [1.54, 1.807) is 12.1 Å². The van der Waals surface area contributed by atoms with Gasteiger partial charge in [-0.1, -0.05) is 19.1 Å². The van der Waals surface area contributed by atoms with Crippen LogP contribution in [0, 0.1) is 16.0 Å². The van der Waals surface area contributed by atoms with E-state index in [-0.39, 0.29) is 17.5 Å². The fraction of sp³-hybridized carbons (Fsp3) is 0.619. The van der Waals surface area contributed by atoms with Crippen molar-refractivity contribution in [1.82, 2.24) is 15.1 Å². The Labute approximate surface area is 177 Å². The molecule has 0 bridgehead atoms. The number of guanidine groups is 1. The van der Waals surface area contributed by atoms with Crippen LogP contribution < -0.4 is 5.32 Å². The third kappa shape index (κ3) is 5.91. The highest BCUT2D eigenvalue weighted by molar-refractivity contribution is 5.82. The molecule has 9 heteroatoms. The zero-order chi connectivity index (χ0) is 21.3. The quantitative estimate of drug-likeness (QED) is 0.329. The van der Waals surface area contributed by atoms with Gasteiger partial charge in [-0.3, -0.25) is 14.9 Å². The number of piperidine rings is 1. The summed E-state index contributed by atoms with van der Waals surface area (Å²) in [7, 11) is 0. The van der Waals surface area contributed by atoms with E-state index in [4.69, 9.17) is 9.73 Å². The SMILES string of the molecule is CCCNC(=NCc1ccc([N+](=O)[O-])cc1)N1CCC(C(=O)N2CCOCC2)CC1. The van der Waals surface area contributed by atoms with Crippen LogP contribution in [0.2, 0.25) is 0 Å². The van der Waals surface area contributed by atoms with Crippen LogP contribution in [-0.4, -0.2) is 72.5 Å². The minimum atomic E-state index is -0.399. The summed E-state index contributed by atoms with van der Waals surface area (Å²) in [6.07, 6.45) is 2.63. The average molecular weight is 418 g/mol. The number of carbonyl (C=O) groups is 1. The van der Waals surface area contributed by atoms with Crippen LogP contribution in [0.1, 0.15) is 31.7 Å². The van der Waals surface area contributed by atoms with Crippen LogP contribution in [0.4, 0.5) is 5.69 Å². The predicted octanol–water partition coefficient (Wildman–Crippen LogP) is 2.02. The second kappa shape index (κ2) is 10.9. The molecule has 2 aliphatic heterocycles. The van der Waals surface area contributed by atoms with Gasteiger partial charge in [-0.05, 0) is 24.8 Å². The number of rotatable bonds is 6. The molecule has 0 saturated carbocycles. The molecule has 164 valence electrons. The van der Waals surface area contributed by atoms with Crippen molar-refractivity contribution < 1.29 is 14.5 Å². The lowest BCUT2D eigenvalue weighted by molar-refractivity contribution is -0.384. The Balaban J connectivity index is 1.58. The number of likely N-dealkylation sites (tertiary alicyclic amines) is 1. The zero-order valence-corrected chi connectivity index (χ0v) is 17.6. The number of morpholine rings is 1. The van der Waals surface area contributed by atoms with Crippen LogP contribution in [0.5, 0.6) is 0 Å². The van der Waals surface area contributed by atoms with Gasteiger partial charge in [-0.25, -0.2) is 4.99 Å². The number of aliphatic imine (C=N–C) groups is 1. The Morgan fingerprint density at radius 2 is 1.83 bits per heavy atom. The van der Waals surface area contributed by atoms with Crippen LogP contribution in [0.3, 0.4) is 0 Å². The average Bonchev–Trinajstić information content (AvgIpc) is 2.80. The Kier molecular flexibility index (Phi) is 8.01. The lowest BCUT2D eigenvalue weighted by Gasteiger charge is -2.36. The lowest BCUT2D eigenvalue weighted by atomic mass is 9.95. The number of nitrogens with one attached hydrogen (secondary N) is 1. The van der Waals surface area contributed by atoms with Gasteiger partial charge in [0.15, 0.2) is 5.96 Å². The topological polar surface area (TPSA) is 100 Å². The number of carbonyl (C=O) groups excluding carboxylic acids is 1. The predicted molar refractivity (Wildman–Crippen MR) is 114 cm³/mol. The first-order chi connectivity index (χ1) is 14.6. The van der Waals surface area contributed by atoms with Crippen LogP contribution in [-0.2, 0) is 16.1 Å². The molecule has 30 heavy (non-hydrogen) atoms. The molecule has 1 aromatic carbocycles. The third-order valence-corrected chi connectivity index (χ3v) is 5.56. The molecule has 2 saturated heterocycles. The monoisotopic (exact) mass is 417 g/mol. The highest BCUT2D eigenvalue weighted by Crippen LogP contribution is 2.21. The van der Waals surface area contributed by atoms with Gasteiger partial charge >= 0.3 is 0 Å². The minimum Gasteiger partial charge on any atom is -0.378 e. The Morgan fingerprint density at radius 1 is 1.17 bits per heavy atom. The van der Waals surface area contributed by atoms with Gasteiger partial charge in [-0.2, -0.15) is 0 Å². The number of nitro benzene ring substituents is 1. The van der Waals surface area contributed by atoms with E-state index >= 15 is 0 Å². The summed E-state index contributed by atoms with van der Waals surface area (Å²) in [4.78, 5) is 32.0. The molecule has 2 fully saturated rings. The number of hydrogen-bond donors (Lipinski definition) is 1. The van der Waals surface area contributed by atoms with Gasteiger partial charge in [-0.15, -0.1) is 0 Å². The summed E-state index contributed by atoms with van der Waals surface area (Å²) < 4.78 is 5.35. The first kappa shape index (κ1) is 22.0. The second-order valence-electron chi connectivity index (χ2n) is 7.69. The van der Waals surface area contributed by atoms with Gasteiger partial charge in [0.25, 0.3) is 5.69 Å². The zero-order valence-electron chi connectivity index (χ0n) is 17.6. The molecule has 9 nitrogen and oxygen atoms in total. The number of ether oxygens (including phenoxy) is 1. The molecule has 0 unspecified atom stereocenters. The van der Waals surface area contributed by atoms with E-state index < -0.39 is 4.92 Å². The molecule has 2 aliphatic rings. The van der Waals surface area contributed by atoms with Crippen LogP contribution >= 0.6 is 0 Å². The van der Waals surface area contributed by atoms with Gasteiger partial charge in [0, 0.05) is 50.8 Å². The summed E-state index contributed by atoms with van der Waals surface area (Å²) in [5, 5.41) is 14.2. The standard InChI is InChI=1S/C21H31N5O4/c1-2-9-22-21(23-16-17-3-5-19(6-4-17)26(28)29)25-10-7-18(8-11-25)20(27)24-12-14-30-15-13-24/h3-6,18H,2,7-16H2,1H3,(H,22,23). The molecule has 0 aliphatic carbocycles. The number of nitro groups is 1. The van der Waals surface area contributed by atoms with Crippen molar-refractivity contribution in [3.05, 3.63) is 39.9 Å². The molecule has 0 spiro atoms. The van der Waals surface area contributed by atoms with Gasteiger partial charge < -0.3 is 19.9 Å². The van der Waals surface area contributed by atoms with E-state index in [0.29, 0.717) is 32.8 Å². The van der Waals surface area contributed by atoms with Crippen molar-refractivity contribution in [2.75, 3.05) is 45.9 Å². The molecule has 2 heterocycles. The third-order valence-electron chi connectivity index (χ3n) is 5.56. The largest absolute Gasteiger partial charge is 0.378 e. The summed E-state index contributed by atoms with van der Waals surface area (Å²) in [6.45, 7) is 7.61. The molecule has 0 radical (unpaired) electrons. The number of non-ortho nitro benzene ring substituents is 1. The fourth-order valence-electron chi connectivity index (χ4n) is 3.77. The Morgan fingerprint density at radius 3 is 2.43 bits per heavy atom. The first-order valence-corrected chi connectivity index (χ1v) is 10.7. The summed E-state index contributed by atoms with van der Waals surface area (Å²) in [5.74, 6) is 1.16. The van der Waals surface area contributed by atoms with E-state index in [9.17, 15) is 14.9 Å². The van der Waals surface area contributed by atoms with Gasteiger partial charge in [0.2, 0.25) is 5.91 Å². The van der Waals surface area contributed by atoms with Crippen molar-refractivity contribution in [3.8, 4) is 0 Å². The van der Waals surface area contributed by atoms with Crippen LogP contribution in [0.25, 0.3) is 0 Å². The number of hydrogen-bond acceptors (Lipinski definition) is 5. The molecule has 1 amide bonds. The molecule has 0 atom stereocenters. The number of nitrogens with zero attached hydrogens (tertiary/aromatic N) is 4. The molecule has 1 N–H and O–H groups in total. The summed E-state index contributed by atoms with van der Waals surface area (Å²) in [6, 6.07) is 6.50. The first-order valence-electron chi connectivity index (χ1n) is 10.7. The van der Waals surface area contributed by atoms with Crippen molar-refractivity contribution in [2.45, 2.75) is 32.7 Å². The second-order valence-corrected chi connectivity index (χ2v) is 7.69. The van der Waals surface area contributed by atoms with Crippen molar-refractivity contribution >= 4 is 17.6 Å². The maximum atomic E-state index is 12.7. The van der Waals surface area contributed by atoms with Gasteiger partial charge in [0.05, 0.1) is 24.7 Å². The lowest BCUT2D eigenvalue weighted by Crippen LogP contribution is -2.50. The molecule has 3 rings (SSSR count). The molecule has 1 aromatic rings. The molecular formula is C21H31N5O4. The van der Waals surface area contributed by atoms with E-state index in [2.05, 4.69) is 17.1 Å². The number of benzene rings is 1. The fourth-order valence-corrected chi connectivity index (χ4v) is 3.77.